The van der Waals surface area contributed by atoms with Crippen LogP contribution >= 0.6 is 91.3 Å². The van der Waals surface area contributed by atoms with Gasteiger partial charge in [0.1, 0.15) is 0 Å². The van der Waals surface area contributed by atoms with Crippen LogP contribution in [-0.2, 0) is 0 Å². The highest BCUT2D eigenvalue weighted by Crippen LogP contribution is 2.48. The van der Waals surface area contributed by atoms with Gasteiger partial charge in [-0.3, -0.25) is 0 Å². The Kier molecular flexibility index (Phi) is 8.52. The SMILES string of the molecule is FC(F)(F)C(Br)(Br)Br.FC(F)(F)C(Cl)(Br)Br. The van der Waals surface area contributed by atoms with Gasteiger partial charge in [0.25, 0.3) is 0 Å². The Labute approximate surface area is 133 Å². The smallest absolute Gasteiger partial charge is 0.168 e. The Morgan fingerprint density at radius 3 is 0.750 bits per heavy atom. The molecule has 0 bridgehead atoms. The molecule has 0 saturated heterocycles. The predicted octanol–water partition coefficient (Wildman–Crippen LogP) is 6.62. The summed E-state index contributed by atoms with van der Waals surface area (Å²) in [4.78, 5) is 0. The summed E-state index contributed by atoms with van der Waals surface area (Å²) in [6.45, 7) is 0. The monoisotopic (exact) mass is 592 g/mol. The lowest BCUT2D eigenvalue weighted by Gasteiger charge is -2.15. The molecule has 0 N–H and O–H groups in total. The molecule has 0 rings (SSSR count). The van der Waals surface area contributed by atoms with E-state index in [-0.39, 0.29) is 0 Å². The number of halogens is 12. The van der Waals surface area contributed by atoms with E-state index >= 15 is 0 Å². The van der Waals surface area contributed by atoms with Crippen LogP contribution in [0.15, 0.2) is 0 Å². The minimum atomic E-state index is -4.46. The van der Waals surface area contributed by atoms with Crippen molar-refractivity contribution in [3.8, 4) is 0 Å². The van der Waals surface area contributed by atoms with Gasteiger partial charge in [-0.2, -0.15) is 26.3 Å². The second-order valence-electron chi connectivity index (χ2n) is 1.99. The normalized spacial score (nSPS) is 14.2. The molecule has 0 aliphatic heterocycles. The number of hydrogen-bond donors (Lipinski definition) is 0. The highest BCUT2D eigenvalue weighted by molar-refractivity contribution is 9.39. The molecule has 16 heavy (non-hydrogen) atoms. The second-order valence-corrected chi connectivity index (χ2v) is 13.7. The summed E-state index contributed by atoms with van der Waals surface area (Å²) in [7, 11) is 0. The van der Waals surface area contributed by atoms with Gasteiger partial charge in [-0.15, -0.1) is 0 Å². The fraction of sp³-hybridized carbons (Fsp3) is 1.00. The summed E-state index contributed by atoms with van der Waals surface area (Å²) in [6.07, 6.45) is -8.78. The van der Waals surface area contributed by atoms with Crippen LogP contribution in [0.1, 0.15) is 0 Å². The van der Waals surface area contributed by atoms with Crippen molar-refractivity contribution in [2.24, 2.45) is 0 Å². The van der Waals surface area contributed by atoms with E-state index in [9.17, 15) is 26.3 Å². The summed E-state index contributed by atoms with van der Waals surface area (Å²) in [5.74, 6) is 0. The first-order valence-corrected chi connectivity index (χ1v) is 7.11. The Bertz CT molecular complexity index is 163. The van der Waals surface area contributed by atoms with Crippen LogP contribution in [-0.4, -0.2) is 17.2 Å². The maximum atomic E-state index is 11.4. The van der Waals surface area contributed by atoms with Crippen molar-refractivity contribution in [2.75, 3.05) is 0 Å². The van der Waals surface area contributed by atoms with Crippen molar-refractivity contribution in [3.05, 3.63) is 0 Å². The Morgan fingerprint density at radius 2 is 0.750 bits per heavy atom. The third-order valence-electron chi connectivity index (χ3n) is 0.643. The van der Waals surface area contributed by atoms with Crippen molar-refractivity contribution >= 4 is 91.3 Å². The molecule has 0 aromatic carbocycles. The fourth-order valence-electron chi connectivity index (χ4n) is 0. The lowest BCUT2D eigenvalue weighted by Crippen LogP contribution is -2.26. The van der Waals surface area contributed by atoms with Gasteiger partial charge < -0.3 is 0 Å². The van der Waals surface area contributed by atoms with E-state index < -0.39 is 17.2 Å². The van der Waals surface area contributed by atoms with Crippen molar-refractivity contribution in [1.29, 1.82) is 0 Å². The van der Waals surface area contributed by atoms with Gasteiger partial charge in [0.15, 0.2) is 0 Å². The highest BCUT2D eigenvalue weighted by atomic mass is 80.0. The van der Waals surface area contributed by atoms with Crippen molar-refractivity contribution < 1.29 is 26.3 Å². The fourth-order valence-corrected chi connectivity index (χ4v) is 0. The molecule has 0 amide bonds. The summed E-state index contributed by atoms with van der Waals surface area (Å²) >= 11 is 16.0. The minimum Gasteiger partial charge on any atom is -0.168 e. The van der Waals surface area contributed by atoms with Crippen molar-refractivity contribution in [2.45, 2.75) is 17.2 Å². The number of hydrogen-bond acceptors (Lipinski definition) is 0. The molecule has 0 fully saturated rings. The van der Waals surface area contributed by atoms with Crippen LogP contribution in [0.5, 0.6) is 0 Å². The van der Waals surface area contributed by atoms with Crippen LogP contribution in [0, 0.1) is 0 Å². The van der Waals surface area contributed by atoms with Crippen LogP contribution in [0.3, 0.4) is 0 Å². The van der Waals surface area contributed by atoms with E-state index in [0.717, 1.165) is 0 Å². The lowest BCUT2D eigenvalue weighted by molar-refractivity contribution is -0.118. The lowest BCUT2D eigenvalue weighted by atomic mass is 10.8. The molecule has 0 aromatic rings. The topological polar surface area (TPSA) is 0 Å². The predicted molar refractivity (Wildman–Crippen MR) is 68.1 cm³/mol. The summed E-state index contributed by atoms with van der Waals surface area (Å²) in [5.41, 5.74) is 0. The van der Waals surface area contributed by atoms with E-state index in [1.54, 1.807) is 0 Å². The first-order valence-electron chi connectivity index (χ1n) is 2.77. The van der Waals surface area contributed by atoms with Gasteiger partial charge in [0, 0.05) is 0 Å². The standard InChI is InChI=1S/C2Br3F3.C2Br2ClF3/c2*3-1(4,5)2(6,7)8. The third-order valence-corrected chi connectivity index (χ3v) is 3.11. The zero-order valence-electron chi connectivity index (χ0n) is 6.54. The van der Waals surface area contributed by atoms with Gasteiger partial charge >= 0.3 is 12.4 Å². The van der Waals surface area contributed by atoms with Crippen LogP contribution in [0.25, 0.3) is 0 Å². The molecule has 0 aliphatic rings. The molecule has 0 aliphatic carbocycles. The van der Waals surface area contributed by atoms with E-state index in [1.807, 2.05) is 0 Å². The average Bonchev–Trinajstić information content (AvgIpc) is 1.77. The summed E-state index contributed by atoms with van der Waals surface area (Å²) < 4.78 is 63.7. The molecule has 0 atom stereocenters. The Hall–Kier alpha value is 2.27. The van der Waals surface area contributed by atoms with E-state index in [0.29, 0.717) is 0 Å². The minimum absolute atomic E-state index is 2.12. The third kappa shape index (κ3) is 9.23. The first kappa shape index (κ1) is 20.6. The molecule has 0 saturated carbocycles. The quantitative estimate of drug-likeness (QED) is 0.218. The maximum absolute atomic E-state index is 11.4. The zero-order chi connectivity index (χ0) is 14.0. The molecule has 0 nitrogen and oxygen atoms in total. The number of alkyl halides is 12. The maximum Gasteiger partial charge on any atom is 0.427 e. The van der Waals surface area contributed by atoms with Gasteiger partial charge in [-0.25, -0.2) is 0 Å². The molecule has 100 valence electrons. The molecular formula is C4Br5ClF6. The molecule has 0 radical (unpaired) electrons. The molecule has 0 unspecified atom stereocenters. The van der Waals surface area contributed by atoms with Crippen molar-refractivity contribution in [1.82, 2.24) is 0 Å². The van der Waals surface area contributed by atoms with E-state index in [1.165, 1.54) is 0 Å². The van der Waals surface area contributed by atoms with E-state index in [4.69, 9.17) is 11.6 Å². The first-order chi connectivity index (χ1) is 6.50. The molecule has 0 spiro atoms. The molecule has 0 heterocycles. The van der Waals surface area contributed by atoms with Crippen LogP contribution in [0.4, 0.5) is 26.3 Å². The molecular weight excluding hydrogens is 597 g/mol. The molecule has 0 aromatic heterocycles. The summed E-state index contributed by atoms with van der Waals surface area (Å²) in [5, 5.41) is 0. The highest BCUT2D eigenvalue weighted by Gasteiger charge is 2.50. The molecule has 12 heteroatoms. The van der Waals surface area contributed by atoms with Gasteiger partial charge in [0.2, 0.25) is 4.84 Å². The van der Waals surface area contributed by atoms with Crippen molar-refractivity contribution in [3.63, 3.8) is 0 Å². The van der Waals surface area contributed by atoms with Gasteiger partial charge in [-0.05, 0) is 79.6 Å². The average molecular weight is 597 g/mol. The Balaban J connectivity index is 0. The second kappa shape index (κ2) is 6.62. The summed E-state index contributed by atoms with van der Waals surface area (Å²) in [6, 6.07) is 0. The zero-order valence-corrected chi connectivity index (χ0v) is 15.2. The van der Waals surface area contributed by atoms with Crippen LogP contribution < -0.4 is 0 Å². The van der Waals surface area contributed by atoms with Crippen LogP contribution in [0.2, 0.25) is 0 Å². The largest absolute Gasteiger partial charge is 0.427 e. The van der Waals surface area contributed by atoms with E-state index in [2.05, 4.69) is 79.6 Å². The van der Waals surface area contributed by atoms with Gasteiger partial charge in [0.05, 0.1) is 0 Å². The Morgan fingerprint density at radius 1 is 0.625 bits per heavy atom. The number of rotatable bonds is 0. The van der Waals surface area contributed by atoms with Gasteiger partial charge in [-0.1, -0.05) is 11.6 Å².